The summed E-state index contributed by atoms with van der Waals surface area (Å²) in [6, 6.07) is 9.37. The second kappa shape index (κ2) is 5.56. The molecule has 0 radical (unpaired) electrons. The van der Waals surface area contributed by atoms with E-state index in [1.165, 1.54) is 0 Å². The minimum absolute atomic E-state index is 0.332. The number of nitrogens with zero attached hydrogens (tertiary/aromatic N) is 1. The lowest BCUT2D eigenvalue weighted by atomic mass is 10.1. The van der Waals surface area contributed by atoms with Gasteiger partial charge in [0.2, 0.25) is 0 Å². The molecule has 0 aliphatic carbocycles. The van der Waals surface area contributed by atoms with E-state index in [1.807, 2.05) is 30.3 Å². The van der Waals surface area contributed by atoms with Gasteiger partial charge in [-0.05, 0) is 11.5 Å². The quantitative estimate of drug-likeness (QED) is 0.744. The molecule has 0 fully saturated rings. The molecule has 2 aromatic rings. The van der Waals surface area contributed by atoms with Gasteiger partial charge >= 0.3 is 0 Å². The van der Waals surface area contributed by atoms with Gasteiger partial charge in [-0.2, -0.15) is 8.42 Å². The number of amides is 1. The van der Waals surface area contributed by atoms with Crippen molar-refractivity contribution in [3.63, 3.8) is 0 Å². The first-order chi connectivity index (χ1) is 8.29. The van der Waals surface area contributed by atoms with E-state index < -0.39 is 16.0 Å². The minimum atomic E-state index is -3.67. The van der Waals surface area contributed by atoms with E-state index in [0.29, 0.717) is 11.9 Å². The van der Waals surface area contributed by atoms with Crippen LogP contribution in [-0.4, -0.2) is 30.1 Å². The summed E-state index contributed by atoms with van der Waals surface area (Å²) in [5.74, 6) is -0.489. The molecule has 0 spiro atoms. The van der Waals surface area contributed by atoms with Crippen molar-refractivity contribution < 1.29 is 17.8 Å². The van der Waals surface area contributed by atoms with Crippen LogP contribution in [0.2, 0.25) is 0 Å². The SMILES string of the molecule is CS(=O)(=O)O.NC(=O)c1nccc2ccccc12. The molecule has 96 valence electrons. The van der Waals surface area contributed by atoms with Crippen molar-refractivity contribution in [1.82, 2.24) is 4.98 Å². The number of carbonyl (C=O) groups is 1. The predicted octanol–water partition coefficient (Wildman–Crippen LogP) is 0.838. The molecular weight excluding hydrogens is 256 g/mol. The van der Waals surface area contributed by atoms with Crippen LogP contribution in [0.3, 0.4) is 0 Å². The lowest BCUT2D eigenvalue weighted by Crippen LogP contribution is -2.13. The maximum atomic E-state index is 11.0. The molecule has 1 heterocycles. The first-order valence-corrected chi connectivity index (χ1v) is 6.70. The van der Waals surface area contributed by atoms with Crippen LogP contribution in [0.1, 0.15) is 10.5 Å². The third kappa shape index (κ3) is 4.48. The van der Waals surface area contributed by atoms with E-state index in [-0.39, 0.29) is 0 Å². The topological polar surface area (TPSA) is 110 Å². The third-order valence-electron chi connectivity index (χ3n) is 1.91. The molecule has 3 N–H and O–H groups in total. The van der Waals surface area contributed by atoms with Crippen molar-refractivity contribution >= 4 is 26.8 Å². The van der Waals surface area contributed by atoms with Gasteiger partial charge in [-0.3, -0.25) is 14.3 Å². The Morgan fingerprint density at radius 3 is 2.39 bits per heavy atom. The summed E-state index contributed by atoms with van der Waals surface area (Å²) in [6.45, 7) is 0. The molecule has 0 saturated heterocycles. The number of rotatable bonds is 1. The van der Waals surface area contributed by atoms with Gasteiger partial charge in [0.1, 0.15) is 5.69 Å². The third-order valence-corrected chi connectivity index (χ3v) is 1.91. The number of benzene rings is 1. The van der Waals surface area contributed by atoms with Crippen LogP contribution in [0.25, 0.3) is 10.8 Å². The number of pyridine rings is 1. The largest absolute Gasteiger partial charge is 0.364 e. The molecule has 0 bridgehead atoms. The highest BCUT2D eigenvalue weighted by molar-refractivity contribution is 7.85. The lowest BCUT2D eigenvalue weighted by molar-refractivity contribution is 0.0997. The van der Waals surface area contributed by atoms with Crippen molar-refractivity contribution in [2.45, 2.75) is 0 Å². The highest BCUT2D eigenvalue weighted by Gasteiger charge is 2.05. The van der Waals surface area contributed by atoms with Gasteiger partial charge in [-0.25, -0.2) is 0 Å². The predicted molar refractivity (Wildman–Crippen MR) is 67.7 cm³/mol. The first-order valence-electron chi connectivity index (χ1n) is 4.85. The van der Waals surface area contributed by atoms with Crippen LogP contribution in [0.5, 0.6) is 0 Å². The number of fused-ring (bicyclic) bond motifs is 1. The number of carbonyl (C=O) groups excluding carboxylic acids is 1. The second-order valence-electron chi connectivity index (χ2n) is 3.48. The summed E-state index contributed by atoms with van der Waals surface area (Å²) in [7, 11) is -3.67. The fourth-order valence-electron chi connectivity index (χ4n) is 1.32. The van der Waals surface area contributed by atoms with Gasteiger partial charge in [-0.1, -0.05) is 24.3 Å². The van der Waals surface area contributed by atoms with E-state index in [4.69, 9.17) is 10.3 Å². The monoisotopic (exact) mass is 268 g/mol. The second-order valence-corrected chi connectivity index (χ2v) is 4.94. The molecular formula is C11H12N2O4S. The smallest absolute Gasteiger partial charge is 0.267 e. The molecule has 0 saturated carbocycles. The molecule has 0 atom stereocenters. The maximum Gasteiger partial charge on any atom is 0.267 e. The van der Waals surface area contributed by atoms with E-state index in [9.17, 15) is 13.2 Å². The Bertz CT molecular complexity index is 654. The fourth-order valence-corrected chi connectivity index (χ4v) is 1.32. The zero-order chi connectivity index (χ0) is 13.8. The zero-order valence-electron chi connectivity index (χ0n) is 9.57. The number of aromatic nitrogens is 1. The molecule has 1 aromatic heterocycles. The van der Waals surface area contributed by atoms with Crippen LogP contribution in [-0.2, 0) is 10.1 Å². The molecule has 1 amide bonds. The summed E-state index contributed by atoms with van der Waals surface area (Å²) >= 11 is 0. The Labute approximate surface area is 104 Å². The van der Waals surface area contributed by atoms with Crippen LogP contribution >= 0.6 is 0 Å². The van der Waals surface area contributed by atoms with Gasteiger partial charge in [0.25, 0.3) is 16.0 Å². The Morgan fingerprint density at radius 1 is 1.28 bits per heavy atom. The van der Waals surface area contributed by atoms with E-state index in [2.05, 4.69) is 4.98 Å². The average Bonchev–Trinajstić information content (AvgIpc) is 2.26. The van der Waals surface area contributed by atoms with Gasteiger partial charge in [0, 0.05) is 11.6 Å². The molecule has 7 heteroatoms. The molecule has 18 heavy (non-hydrogen) atoms. The number of hydrogen-bond donors (Lipinski definition) is 2. The molecule has 1 aromatic carbocycles. The number of nitrogens with two attached hydrogens (primary N) is 1. The van der Waals surface area contributed by atoms with Crippen LogP contribution in [0, 0.1) is 0 Å². The highest BCUT2D eigenvalue weighted by Crippen LogP contribution is 2.15. The van der Waals surface area contributed by atoms with E-state index in [0.717, 1.165) is 10.8 Å². The molecule has 0 aliphatic heterocycles. The minimum Gasteiger partial charge on any atom is -0.364 e. The Kier molecular flexibility index (Phi) is 4.35. The normalized spacial score (nSPS) is 10.6. The van der Waals surface area contributed by atoms with Gasteiger partial charge in [0.05, 0.1) is 6.26 Å². The summed E-state index contributed by atoms with van der Waals surface area (Å²) in [6.07, 6.45) is 2.30. The lowest BCUT2D eigenvalue weighted by Gasteiger charge is -2.00. The highest BCUT2D eigenvalue weighted by atomic mass is 32.2. The van der Waals surface area contributed by atoms with E-state index in [1.54, 1.807) is 6.20 Å². The standard InChI is InChI=1S/C10H8N2O.CH4O3S/c11-10(13)9-8-4-2-1-3-7(8)5-6-12-9;1-5(2,3)4/h1-6H,(H2,11,13);1H3,(H,2,3,4). The summed E-state index contributed by atoms with van der Waals surface area (Å²) in [5, 5.41) is 1.78. The average molecular weight is 268 g/mol. The number of primary amides is 1. The Balaban J connectivity index is 0.000000280. The fraction of sp³-hybridized carbons (Fsp3) is 0.0909. The Morgan fingerprint density at radius 2 is 1.83 bits per heavy atom. The van der Waals surface area contributed by atoms with Gasteiger partial charge in [0.15, 0.2) is 0 Å². The van der Waals surface area contributed by atoms with Crippen LogP contribution in [0.4, 0.5) is 0 Å². The summed E-state index contributed by atoms with van der Waals surface area (Å²) < 4.78 is 25.9. The van der Waals surface area contributed by atoms with Gasteiger partial charge in [-0.15, -0.1) is 0 Å². The number of hydrogen-bond acceptors (Lipinski definition) is 4. The summed E-state index contributed by atoms with van der Waals surface area (Å²) in [5.41, 5.74) is 5.51. The molecule has 0 aliphatic rings. The van der Waals surface area contributed by atoms with Crippen LogP contribution < -0.4 is 5.73 Å². The zero-order valence-corrected chi connectivity index (χ0v) is 10.4. The van der Waals surface area contributed by atoms with Crippen LogP contribution in [0.15, 0.2) is 36.5 Å². The molecule has 6 nitrogen and oxygen atoms in total. The van der Waals surface area contributed by atoms with Crippen molar-refractivity contribution in [1.29, 1.82) is 0 Å². The first kappa shape index (κ1) is 14.1. The van der Waals surface area contributed by atoms with Gasteiger partial charge < -0.3 is 5.73 Å². The molecule has 0 unspecified atom stereocenters. The van der Waals surface area contributed by atoms with Crippen molar-refractivity contribution in [2.24, 2.45) is 5.73 Å². The summed E-state index contributed by atoms with van der Waals surface area (Å²) in [4.78, 5) is 14.9. The molecule has 2 rings (SSSR count). The van der Waals surface area contributed by atoms with Crippen molar-refractivity contribution in [3.8, 4) is 0 Å². The Hall–Kier alpha value is -1.99. The van der Waals surface area contributed by atoms with E-state index >= 15 is 0 Å². The van der Waals surface area contributed by atoms with Crippen molar-refractivity contribution in [2.75, 3.05) is 6.26 Å². The maximum absolute atomic E-state index is 11.0. The van der Waals surface area contributed by atoms with Crippen molar-refractivity contribution in [3.05, 3.63) is 42.2 Å².